The van der Waals surface area contributed by atoms with Crippen molar-refractivity contribution in [2.24, 2.45) is 0 Å². The van der Waals surface area contributed by atoms with Crippen molar-refractivity contribution in [2.45, 2.75) is 66.9 Å². The van der Waals surface area contributed by atoms with E-state index < -0.39 is 49.4 Å². The van der Waals surface area contributed by atoms with E-state index in [9.17, 15) is 53.4 Å². The van der Waals surface area contributed by atoms with E-state index in [-0.39, 0.29) is 57.0 Å². The molecule has 450 valence electrons. The van der Waals surface area contributed by atoms with Crippen molar-refractivity contribution in [3.05, 3.63) is 254 Å². The molecule has 0 saturated carbocycles. The molecule has 0 radical (unpaired) electrons. The fraction of sp³-hybridized carbons (Fsp3) is 0.156. The summed E-state index contributed by atoms with van der Waals surface area (Å²) < 4.78 is 118. The molecule has 0 atom stereocenters. The normalized spacial score (nSPS) is 10.8. The predicted octanol–water partition coefficient (Wildman–Crippen LogP) is 12.2. The first-order valence-corrected chi connectivity index (χ1v) is 32.4. The molecule has 0 heterocycles. The third-order valence-corrected chi connectivity index (χ3v) is 17.3. The minimum atomic E-state index is -4.27. The van der Waals surface area contributed by atoms with Gasteiger partial charge in [-0.25, -0.2) is 26.4 Å². The number of carbonyl (C=O) groups is 2. The van der Waals surface area contributed by atoms with Crippen LogP contribution in [0.15, 0.2) is 282 Å². The van der Waals surface area contributed by atoms with Gasteiger partial charge in [-0.2, -0.15) is 8.42 Å². The lowest BCUT2D eigenvalue weighted by Gasteiger charge is -2.10. The van der Waals surface area contributed by atoms with Crippen LogP contribution < -0.4 is 4.74 Å². The molecule has 0 saturated heterocycles. The summed E-state index contributed by atoms with van der Waals surface area (Å²) in [6.45, 7) is 13.9. The standard InChI is InChI=1S/C24H23O3S.C18H14OS.C7H12O5S.2C7H8O3S.CH3F/c1-19(2)24(25)27-18-17-26-20-13-15-23(16-14-20)28(21-9-5-3-6-10-21)22-11-7-4-8-12-22;19-15-11-13-18(14-12-15)20(16-7-3-1-4-8-16)17-9-5-2-6-10-17;1-6(2)7(8)11-4-5-12-13(3,9)10;2*1-6-2-4-7(5-3-6)11(8,9)10;1-2/h3-16H,1,17-18H2,2H3;1-14H;1,4-5H2,2-3H3;2*2-5H,1H3,(H,8,9,10);1H3/q+1;;;;;/p-1/i;;;;;1D. The molecule has 8 aromatic rings. The fourth-order valence-corrected chi connectivity index (χ4v) is 12.0. The van der Waals surface area contributed by atoms with Gasteiger partial charge >= 0.3 is 11.9 Å². The van der Waals surface area contributed by atoms with E-state index in [2.05, 4.69) is 131 Å². The molecule has 21 heteroatoms. The van der Waals surface area contributed by atoms with Crippen LogP contribution in [-0.2, 0) is 75.4 Å². The Bertz CT molecular complexity index is 3510. The van der Waals surface area contributed by atoms with Gasteiger partial charge in [0, 0.05) is 11.1 Å². The second kappa shape index (κ2) is 36.8. The number of aryl methyl sites for hydroxylation is 2. The summed E-state index contributed by atoms with van der Waals surface area (Å²) >= 11 is 0. The molecule has 85 heavy (non-hydrogen) atoms. The molecule has 0 amide bonds. The number of phenolic OH excluding ortho intramolecular Hbond substituents is 1. The van der Waals surface area contributed by atoms with Gasteiger partial charge < -0.3 is 28.4 Å². The van der Waals surface area contributed by atoms with E-state index in [4.69, 9.17) is 10.8 Å². The van der Waals surface area contributed by atoms with Crippen molar-refractivity contribution in [2.75, 3.05) is 39.8 Å². The first kappa shape index (κ1) is 69.6. The van der Waals surface area contributed by atoms with Crippen molar-refractivity contribution in [3.8, 4) is 11.5 Å². The highest BCUT2D eigenvalue weighted by Crippen LogP contribution is 2.33. The highest BCUT2D eigenvalue weighted by Gasteiger charge is 2.29. The van der Waals surface area contributed by atoms with Crippen molar-refractivity contribution < 1.29 is 73.2 Å². The average molecular weight is 1260 g/mol. The highest BCUT2D eigenvalue weighted by atomic mass is 32.2. The minimum absolute atomic E-state index is 0.0984. The molecular weight excluding hydrogens is 1190 g/mol. The average Bonchev–Trinajstić information content (AvgIpc) is 2.44. The molecule has 0 bridgehead atoms. The molecule has 8 rings (SSSR count). The number of alkyl halides is 1. The molecule has 0 fully saturated rings. The van der Waals surface area contributed by atoms with Crippen LogP contribution >= 0.6 is 0 Å². The van der Waals surface area contributed by atoms with Gasteiger partial charge in [-0.1, -0.05) is 121 Å². The Balaban J connectivity index is 0.000000293. The zero-order valence-electron chi connectivity index (χ0n) is 48.3. The van der Waals surface area contributed by atoms with Crippen LogP contribution in [0, 0.1) is 13.8 Å². The second-order valence-corrected chi connectivity index (χ2v) is 26.0. The summed E-state index contributed by atoms with van der Waals surface area (Å²) in [6, 6.07) is 69.1. The maximum atomic E-state index is 11.4. The number of phenols is 1. The molecule has 0 unspecified atom stereocenters. The first-order valence-electron chi connectivity index (χ1n) is 26.0. The SMILES string of the molecule is C=C(C)C(=O)OCCOS(C)(=O)=O.C=C(C)C(=O)OCCOc1ccc([S+](c2ccccc2)c2ccccc2)cc1.Cc1ccc(S(=O)(=O)[O-])cc1.Cc1ccc(S(=O)(=O)[O-])cc1.Oc1ccc([S+](c2ccccc2)c2ccccc2)cc1.[2H]CF. The van der Waals surface area contributed by atoms with E-state index in [1.165, 1.54) is 60.6 Å². The second-order valence-electron chi connectivity index (χ2n) is 17.6. The molecule has 0 aliphatic carbocycles. The van der Waals surface area contributed by atoms with Crippen molar-refractivity contribution in [3.63, 3.8) is 0 Å². The van der Waals surface area contributed by atoms with E-state index in [1.807, 2.05) is 62.4 Å². The molecule has 15 nitrogen and oxygen atoms in total. The number of carbonyl (C=O) groups excluding carboxylic acids is 2. The van der Waals surface area contributed by atoms with E-state index in [0.717, 1.165) is 23.1 Å². The van der Waals surface area contributed by atoms with Crippen LogP contribution in [-0.4, -0.2) is 91.2 Å². The number of ether oxygens (including phenoxy) is 3. The summed E-state index contributed by atoms with van der Waals surface area (Å²) in [6.07, 6.45) is 0.924. The van der Waals surface area contributed by atoms with Crippen molar-refractivity contribution in [1.82, 2.24) is 0 Å². The number of halogens is 1. The monoisotopic (exact) mass is 1260 g/mol. The lowest BCUT2D eigenvalue weighted by molar-refractivity contribution is -0.140. The molecule has 8 aromatic carbocycles. The van der Waals surface area contributed by atoms with E-state index in [0.29, 0.717) is 17.9 Å². The Morgan fingerprint density at radius 2 is 0.765 bits per heavy atom. The minimum Gasteiger partial charge on any atom is -0.744 e. The smallest absolute Gasteiger partial charge is 0.333 e. The molecule has 0 aromatic heterocycles. The van der Waals surface area contributed by atoms with Crippen LogP contribution in [0.25, 0.3) is 0 Å². The lowest BCUT2D eigenvalue weighted by atomic mass is 10.2. The Labute approximate surface area is 506 Å². The van der Waals surface area contributed by atoms with Crippen LogP contribution in [0.4, 0.5) is 4.39 Å². The maximum Gasteiger partial charge on any atom is 0.333 e. The molecule has 0 spiro atoms. The Hall–Kier alpha value is -7.86. The van der Waals surface area contributed by atoms with Crippen molar-refractivity contribution in [1.29, 1.82) is 0 Å². The van der Waals surface area contributed by atoms with Gasteiger partial charge in [0.15, 0.2) is 29.4 Å². The first-order chi connectivity index (χ1) is 40.7. The van der Waals surface area contributed by atoms with Gasteiger partial charge in [-0.3, -0.25) is 8.57 Å². The number of rotatable bonds is 18. The summed E-state index contributed by atoms with van der Waals surface area (Å²) in [5.74, 6) is 0.101. The number of esters is 2. The Morgan fingerprint density at radius 1 is 0.482 bits per heavy atom. The zero-order chi connectivity index (χ0) is 63.7. The molecule has 0 aliphatic rings. The van der Waals surface area contributed by atoms with Gasteiger partial charge in [-0.05, 0) is 149 Å². The Morgan fingerprint density at radius 3 is 1.05 bits per heavy atom. The fourth-order valence-electron chi connectivity index (χ4n) is 6.57. The summed E-state index contributed by atoms with van der Waals surface area (Å²) in [7, 11) is -13.3. The van der Waals surface area contributed by atoms with Crippen LogP contribution in [0.1, 0.15) is 26.3 Å². The van der Waals surface area contributed by atoms with Gasteiger partial charge in [0.1, 0.15) is 58.2 Å². The van der Waals surface area contributed by atoms with Crippen LogP contribution in [0.2, 0.25) is 0 Å². The summed E-state index contributed by atoms with van der Waals surface area (Å²) in [5.41, 5.74) is 2.51. The molecule has 0 aliphatic heterocycles. The van der Waals surface area contributed by atoms with Crippen LogP contribution in [0.3, 0.4) is 0 Å². The largest absolute Gasteiger partial charge is 0.744 e. The highest BCUT2D eigenvalue weighted by molar-refractivity contribution is 7.97. The van der Waals surface area contributed by atoms with Crippen molar-refractivity contribution >= 4 is 64.1 Å². The Kier molecular flexibility index (Phi) is 30.1. The van der Waals surface area contributed by atoms with Crippen LogP contribution in [0.5, 0.6) is 11.5 Å². The lowest BCUT2D eigenvalue weighted by Crippen LogP contribution is -2.13. The summed E-state index contributed by atoms with van der Waals surface area (Å²) in [4.78, 5) is 29.3. The third-order valence-electron chi connectivity index (χ3n) is 10.6. The van der Waals surface area contributed by atoms with Gasteiger partial charge in [0.2, 0.25) is 0 Å². The number of benzene rings is 8. The predicted molar refractivity (Wildman–Crippen MR) is 328 cm³/mol. The quantitative estimate of drug-likeness (QED) is 0.0210. The van der Waals surface area contributed by atoms with Gasteiger partial charge in [0.25, 0.3) is 10.1 Å². The van der Waals surface area contributed by atoms with E-state index >= 15 is 0 Å². The topological polar surface area (TPSA) is 240 Å². The van der Waals surface area contributed by atoms with E-state index in [1.54, 1.807) is 43.3 Å². The number of aromatic hydroxyl groups is 1. The van der Waals surface area contributed by atoms with Gasteiger partial charge in [-0.15, -0.1) is 0 Å². The molecular formula is C64H67FO15S5. The number of hydrogen-bond donors (Lipinski definition) is 1. The van der Waals surface area contributed by atoms with Gasteiger partial charge in [0.05, 0.1) is 46.4 Å². The maximum absolute atomic E-state index is 11.4. The molecule has 1 N–H and O–H groups in total. The summed E-state index contributed by atoms with van der Waals surface area (Å²) in [5, 5.41) is 9.48. The zero-order valence-corrected chi connectivity index (χ0v) is 51.4. The third kappa shape index (κ3) is 27.6. The number of hydrogen-bond acceptors (Lipinski definition) is 15.